The topological polar surface area (TPSA) is 109 Å². The SMILES string of the molecule is CCCOc1ccc(Br)cc1C(=O)NC(=S)NNC(=O)c1ccc(NC(=O)c2ccc(C(C)(C)C)cc2)cc1. The highest BCUT2D eigenvalue weighted by molar-refractivity contribution is 9.10. The Morgan fingerprint density at radius 2 is 1.46 bits per heavy atom. The van der Waals surface area contributed by atoms with Crippen LogP contribution in [0, 0.1) is 0 Å². The molecular formula is C29H31BrN4O4S. The Labute approximate surface area is 242 Å². The highest BCUT2D eigenvalue weighted by atomic mass is 79.9. The lowest BCUT2D eigenvalue weighted by Crippen LogP contribution is -2.48. The highest BCUT2D eigenvalue weighted by Gasteiger charge is 2.16. The first-order chi connectivity index (χ1) is 18.5. The first kappa shape index (κ1) is 29.8. The van der Waals surface area contributed by atoms with Gasteiger partial charge in [-0.2, -0.15) is 0 Å². The fourth-order valence-electron chi connectivity index (χ4n) is 3.43. The van der Waals surface area contributed by atoms with Crippen LogP contribution in [0.2, 0.25) is 0 Å². The van der Waals surface area contributed by atoms with Gasteiger partial charge in [0.15, 0.2) is 5.11 Å². The number of carbonyl (C=O) groups excluding carboxylic acids is 3. The Hall–Kier alpha value is -3.76. The Bertz CT molecular complexity index is 1350. The molecule has 8 nitrogen and oxygen atoms in total. The number of carbonyl (C=O) groups is 3. The van der Waals surface area contributed by atoms with Crippen LogP contribution in [0.15, 0.2) is 71.2 Å². The number of hydrazine groups is 1. The summed E-state index contributed by atoms with van der Waals surface area (Å²) in [5, 5.41) is 5.26. The zero-order valence-corrected chi connectivity index (χ0v) is 24.6. The van der Waals surface area contributed by atoms with Crippen LogP contribution in [0.3, 0.4) is 0 Å². The van der Waals surface area contributed by atoms with Crippen molar-refractivity contribution in [3.63, 3.8) is 0 Å². The lowest BCUT2D eigenvalue weighted by atomic mass is 9.87. The van der Waals surface area contributed by atoms with Crippen LogP contribution in [-0.2, 0) is 5.41 Å². The highest BCUT2D eigenvalue weighted by Crippen LogP contribution is 2.24. The second-order valence-electron chi connectivity index (χ2n) is 9.71. The number of halogens is 1. The van der Waals surface area contributed by atoms with Crippen LogP contribution in [0.4, 0.5) is 5.69 Å². The molecule has 0 atom stereocenters. The van der Waals surface area contributed by atoms with E-state index in [4.69, 9.17) is 17.0 Å². The molecule has 0 heterocycles. The molecule has 0 saturated heterocycles. The number of ether oxygens (including phenoxy) is 1. The van der Waals surface area contributed by atoms with Crippen LogP contribution in [0.25, 0.3) is 0 Å². The molecule has 0 saturated carbocycles. The fraction of sp³-hybridized carbons (Fsp3) is 0.241. The van der Waals surface area contributed by atoms with Crippen molar-refractivity contribution in [3.8, 4) is 5.75 Å². The molecule has 0 fully saturated rings. The molecular weight excluding hydrogens is 580 g/mol. The minimum atomic E-state index is -0.484. The van der Waals surface area contributed by atoms with E-state index in [1.807, 2.05) is 19.1 Å². The summed E-state index contributed by atoms with van der Waals surface area (Å²) < 4.78 is 6.34. The smallest absolute Gasteiger partial charge is 0.269 e. The second kappa shape index (κ2) is 13.3. The van der Waals surface area contributed by atoms with Gasteiger partial charge >= 0.3 is 0 Å². The van der Waals surface area contributed by atoms with Crippen molar-refractivity contribution in [3.05, 3.63) is 93.5 Å². The maximum Gasteiger partial charge on any atom is 0.269 e. The van der Waals surface area contributed by atoms with Crippen LogP contribution in [-0.4, -0.2) is 29.4 Å². The molecule has 0 radical (unpaired) electrons. The van der Waals surface area contributed by atoms with E-state index >= 15 is 0 Å². The van der Waals surface area contributed by atoms with Gasteiger partial charge in [0.2, 0.25) is 0 Å². The molecule has 0 unspecified atom stereocenters. The maximum atomic E-state index is 12.7. The molecule has 3 aromatic rings. The van der Waals surface area contributed by atoms with Gasteiger partial charge in [-0.25, -0.2) is 0 Å². The van der Waals surface area contributed by atoms with Crippen molar-refractivity contribution in [2.75, 3.05) is 11.9 Å². The Morgan fingerprint density at radius 3 is 2.08 bits per heavy atom. The first-order valence-electron chi connectivity index (χ1n) is 12.3. The van der Waals surface area contributed by atoms with Crippen molar-refractivity contribution in [2.45, 2.75) is 39.5 Å². The number of anilines is 1. The molecule has 0 aromatic heterocycles. The van der Waals surface area contributed by atoms with Crippen molar-refractivity contribution in [1.82, 2.24) is 16.2 Å². The third kappa shape index (κ3) is 8.62. The molecule has 3 aromatic carbocycles. The van der Waals surface area contributed by atoms with E-state index in [0.717, 1.165) is 12.0 Å². The zero-order chi connectivity index (χ0) is 28.6. The minimum absolute atomic E-state index is 0.00163. The third-order valence-corrected chi connectivity index (χ3v) is 6.28. The normalized spacial score (nSPS) is 10.8. The number of thiocarbonyl (C=S) groups is 1. The Kier molecular flexibility index (Phi) is 10.2. The van der Waals surface area contributed by atoms with E-state index in [2.05, 4.69) is 58.2 Å². The second-order valence-corrected chi connectivity index (χ2v) is 11.0. The molecule has 0 aliphatic rings. The predicted molar refractivity (Wildman–Crippen MR) is 160 cm³/mol. The van der Waals surface area contributed by atoms with Crippen LogP contribution in [0.5, 0.6) is 5.75 Å². The van der Waals surface area contributed by atoms with Gasteiger partial charge in [0.25, 0.3) is 17.7 Å². The molecule has 204 valence electrons. The molecule has 0 spiro atoms. The van der Waals surface area contributed by atoms with Gasteiger partial charge in [0.1, 0.15) is 5.75 Å². The van der Waals surface area contributed by atoms with Crippen molar-refractivity contribution in [1.29, 1.82) is 0 Å². The monoisotopic (exact) mass is 610 g/mol. The summed E-state index contributed by atoms with van der Waals surface area (Å²) >= 11 is 8.50. The van der Waals surface area contributed by atoms with Gasteiger partial charge in [-0.15, -0.1) is 0 Å². The molecule has 4 N–H and O–H groups in total. The fourth-order valence-corrected chi connectivity index (χ4v) is 3.94. The summed E-state index contributed by atoms with van der Waals surface area (Å²) in [6.45, 7) is 8.77. The van der Waals surface area contributed by atoms with E-state index in [1.54, 1.807) is 54.6 Å². The maximum absolute atomic E-state index is 12.7. The lowest BCUT2D eigenvalue weighted by molar-refractivity contribution is 0.0933. The number of benzene rings is 3. The average Bonchev–Trinajstić information content (AvgIpc) is 2.91. The van der Waals surface area contributed by atoms with Crippen molar-refractivity contribution in [2.24, 2.45) is 0 Å². The average molecular weight is 612 g/mol. The van der Waals surface area contributed by atoms with E-state index in [-0.39, 0.29) is 16.4 Å². The molecule has 0 aliphatic heterocycles. The molecule has 3 rings (SSSR count). The van der Waals surface area contributed by atoms with E-state index in [9.17, 15) is 14.4 Å². The molecule has 0 bridgehead atoms. The van der Waals surface area contributed by atoms with Gasteiger partial charge in [-0.05, 0) is 84.2 Å². The zero-order valence-electron chi connectivity index (χ0n) is 22.2. The minimum Gasteiger partial charge on any atom is -0.493 e. The van der Waals surface area contributed by atoms with E-state index in [0.29, 0.717) is 39.2 Å². The van der Waals surface area contributed by atoms with Crippen LogP contribution < -0.4 is 26.2 Å². The Balaban J connectivity index is 1.52. The summed E-state index contributed by atoms with van der Waals surface area (Å²) in [6, 6.07) is 19.0. The van der Waals surface area contributed by atoms with Gasteiger partial charge in [-0.1, -0.05) is 55.8 Å². The summed E-state index contributed by atoms with van der Waals surface area (Å²) in [4.78, 5) is 37.8. The van der Waals surface area contributed by atoms with Crippen molar-refractivity contribution < 1.29 is 19.1 Å². The van der Waals surface area contributed by atoms with E-state index < -0.39 is 11.8 Å². The van der Waals surface area contributed by atoms with E-state index in [1.165, 1.54) is 0 Å². The van der Waals surface area contributed by atoms with Gasteiger partial charge in [0.05, 0.1) is 12.2 Å². The summed E-state index contributed by atoms with van der Waals surface area (Å²) in [5.74, 6) is -0.776. The first-order valence-corrected chi connectivity index (χ1v) is 13.5. The number of nitrogens with one attached hydrogen (secondary N) is 4. The number of rotatable bonds is 7. The number of hydrogen-bond acceptors (Lipinski definition) is 5. The van der Waals surface area contributed by atoms with Crippen LogP contribution in [0.1, 0.15) is 70.8 Å². The van der Waals surface area contributed by atoms with Gasteiger partial charge in [-0.3, -0.25) is 30.6 Å². The molecule has 39 heavy (non-hydrogen) atoms. The summed E-state index contributed by atoms with van der Waals surface area (Å²) in [6.07, 6.45) is 0.794. The lowest BCUT2D eigenvalue weighted by Gasteiger charge is -2.19. The number of hydrogen-bond donors (Lipinski definition) is 4. The molecule has 3 amide bonds. The predicted octanol–water partition coefficient (Wildman–Crippen LogP) is 5.74. The van der Waals surface area contributed by atoms with Crippen molar-refractivity contribution >= 4 is 56.7 Å². The van der Waals surface area contributed by atoms with Crippen LogP contribution >= 0.6 is 28.1 Å². The molecule has 0 aliphatic carbocycles. The quantitative estimate of drug-likeness (QED) is 0.201. The molecule has 10 heteroatoms. The largest absolute Gasteiger partial charge is 0.493 e. The summed E-state index contributed by atoms with van der Waals surface area (Å²) in [7, 11) is 0. The van der Waals surface area contributed by atoms with Gasteiger partial charge < -0.3 is 10.1 Å². The number of amides is 3. The third-order valence-electron chi connectivity index (χ3n) is 5.58. The Morgan fingerprint density at radius 1 is 0.846 bits per heavy atom. The summed E-state index contributed by atoms with van der Waals surface area (Å²) in [5.41, 5.74) is 7.82. The standard InChI is InChI=1S/C29H31BrN4O4S/c1-5-16-38-24-15-12-21(30)17-23(24)27(37)32-28(39)34-33-26(36)19-8-13-22(14-9-19)31-25(35)18-6-10-20(11-7-18)29(2,3)4/h6-15,17H,5,16H2,1-4H3,(H,31,35)(H,33,36)(H2,32,34,37,39). The van der Waals surface area contributed by atoms with Gasteiger partial charge in [0, 0.05) is 21.3 Å².